The van der Waals surface area contributed by atoms with Crippen molar-refractivity contribution in [2.24, 2.45) is 0 Å². The van der Waals surface area contributed by atoms with E-state index in [1.807, 2.05) is 52.0 Å². The standard InChI is InChI=1S/C25H26O4/c1-24(2)12-10-19-21(28-24)8-5-15-13-16(14-27-22(15)19)17-6-7-20(26)18-9-11-25(3,4)29-23(17)18/h5-12,16,26H,13-14H2,1-4H3/t16-/m1/s1. The highest BCUT2D eigenvalue weighted by molar-refractivity contribution is 5.71. The van der Waals surface area contributed by atoms with E-state index in [1.165, 1.54) is 5.56 Å². The molecule has 2 aromatic rings. The zero-order chi connectivity index (χ0) is 20.4. The fourth-order valence-electron chi connectivity index (χ4n) is 4.30. The molecule has 1 atom stereocenters. The van der Waals surface area contributed by atoms with Gasteiger partial charge in [-0.2, -0.15) is 0 Å². The van der Waals surface area contributed by atoms with Crippen LogP contribution in [-0.2, 0) is 6.42 Å². The Hall–Kier alpha value is -2.88. The van der Waals surface area contributed by atoms with Crippen LogP contribution in [0.4, 0.5) is 0 Å². The van der Waals surface area contributed by atoms with Crippen LogP contribution >= 0.6 is 0 Å². The van der Waals surface area contributed by atoms with Crippen molar-refractivity contribution in [1.29, 1.82) is 0 Å². The van der Waals surface area contributed by atoms with Crippen LogP contribution in [0, 0.1) is 0 Å². The molecule has 4 nitrogen and oxygen atoms in total. The Balaban J connectivity index is 1.51. The highest BCUT2D eigenvalue weighted by Crippen LogP contribution is 2.47. The van der Waals surface area contributed by atoms with Gasteiger partial charge in [0.25, 0.3) is 0 Å². The van der Waals surface area contributed by atoms with Crippen LogP contribution in [-0.4, -0.2) is 22.9 Å². The number of hydrogen-bond acceptors (Lipinski definition) is 4. The van der Waals surface area contributed by atoms with Crippen LogP contribution in [0.15, 0.2) is 36.4 Å². The van der Waals surface area contributed by atoms with Crippen molar-refractivity contribution in [3.63, 3.8) is 0 Å². The maximum atomic E-state index is 10.3. The molecule has 0 aromatic heterocycles. The summed E-state index contributed by atoms with van der Waals surface area (Å²) in [5.41, 5.74) is 3.30. The molecule has 4 heteroatoms. The van der Waals surface area contributed by atoms with Crippen molar-refractivity contribution in [1.82, 2.24) is 0 Å². The zero-order valence-electron chi connectivity index (χ0n) is 17.3. The third-order valence-corrected chi connectivity index (χ3v) is 5.82. The maximum Gasteiger partial charge on any atom is 0.135 e. The van der Waals surface area contributed by atoms with Crippen LogP contribution in [0.3, 0.4) is 0 Å². The fraction of sp³-hybridized carbons (Fsp3) is 0.360. The quantitative estimate of drug-likeness (QED) is 0.700. The summed E-state index contributed by atoms with van der Waals surface area (Å²) in [5.74, 6) is 2.94. The highest BCUT2D eigenvalue weighted by atomic mass is 16.5. The van der Waals surface area contributed by atoms with Gasteiger partial charge in [-0.3, -0.25) is 0 Å². The van der Waals surface area contributed by atoms with Crippen LogP contribution in [0.2, 0.25) is 0 Å². The lowest BCUT2D eigenvalue weighted by Crippen LogP contribution is -2.30. The van der Waals surface area contributed by atoms with Gasteiger partial charge in [-0.25, -0.2) is 0 Å². The first-order valence-electron chi connectivity index (χ1n) is 10.1. The number of phenolic OH excluding ortho intramolecular Hbond substituents is 1. The molecule has 0 saturated heterocycles. The average molecular weight is 390 g/mol. The monoisotopic (exact) mass is 390 g/mol. The molecule has 0 fully saturated rings. The minimum atomic E-state index is -0.406. The zero-order valence-corrected chi connectivity index (χ0v) is 17.3. The Kier molecular flexibility index (Phi) is 3.79. The molecule has 0 radical (unpaired) electrons. The lowest BCUT2D eigenvalue weighted by Gasteiger charge is -2.34. The maximum absolute atomic E-state index is 10.3. The second-order valence-corrected chi connectivity index (χ2v) is 9.17. The smallest absolute Gasteiger partial charge is 0.135 e. The summed E-state index contributed by atoms with van der Waals surface area (Å²) in [5, 5.41) is 10.3. The molecular formula is C25H26O4. The molecule has 29 heavy (non-hydrogen) atoms. The number of benzene rings is 2. The number of rotatable bonds is 1. The Morgan fingerprint density at radius 1 is 0.862 bits per heavy atom. The van der Waals surface area contributed by atoms with E-state index >= 15 is 0 Å². The van der Waals surface area contributed by atoms with Gasteiger partial charge in [0.1, 0.15) is 34.2 Å². The van der Waals surface area contributed by atoms with Gasteiger partial charge >= 0.3 is 0 Å². The van der Waals surface area contributed by atoms with Crippen LogP contribution in [0.1, 0.15) is 55.9 Å². The van der Waals surface area contributed by atoms with E-state index in [1.54, 1.807) is 6.07 Å². The van der Waals surface area contributed by atoms with Gasteiger partial charge in [-0.1, -0.05) is 12.1 Å². The predicted molar refractivity (Wildman–Crippen MR) is 114 cm³/mol. The molecule has 0 unspecified atom stereocenters. The van der Waals surface area contributed by atoms with Gasteiger partial charge in [0.2, 0.25) is 0 Å². The van der Waals surface area contributed by atoms with E-state index in [2.05, 4.69) is 18.2 Å². The lowest BCUT2D eigenvalue weighted by molar-refractivity contribution is 0.152. The van der Waals surface area contributed by atoms with Crippen molar-refractivity contribution < 1.29 is 19.3 Å². The Morgan fingerprint density at radius 2 is 1.59 bits per heavy atom. The van der Waals surface area contributed by atoms with E-state index in [0.29, 0.717) is 6.61 Å². The summed E-state index contributed by atoms with van der Waals surface area (Å²) in [6, 6.07) is 7.86. The van der Waals surface area contributed by atoms with E-state index in [0.717, 1.165) is 40.4 Å². The first-order valence-corrected chi connectivity index (χ1v) is 10.1. The lowest BCUT2D eigenvalue weighted by atomic mass is 9.86. The van der Waals surface area contributed by atoms with E-state index in [4.69, 9.17) is 14.2 Å². The second kappa shape index (κ2) is 6.06. The normalized spacial score (nSPS) is 22.4. The number of hydrogen-bond donors (Lipinski definition) is 1. The largest absolute Gasteiger partial charge is 0.507 e. The first kappa shape index (κ1) is 18.2. The molecule has 3 aliphatic rings. The molecule has 1 N–H and O–H groups in total. The summed E-state index contributed by atoms with van der Waals surface area (Å²) in [6.07, 6.45) is 8.96. The molecule has 0 amide bonds. The minimum absolute atomic E-state index is 0.155. The number of phenols is 1. The number of aromatic hydroxyl groups is 1. The molecule has 150 valence electrons. The van der Waals surface area contributed by atoms with Gasteiger partial charge in [0.15, 0.2) is 0 Å². The summed E-state index contributed by atoms with van der Waals surface area (Å²) < 4.78 is 18.6. The van der Waals surface area contributed by atoms with Crippen LogP contribution in [0.25, 0.3) is 12.2 Å². The molecule has 0 bridgehead atoms. The van der Waals surface area contributed by atoms with E-state index in [-0.39, 0.29) is 17.3 Å². The number of fused-ring (bicyclic) bond motifs is 4. The average Bonchev–Trinajstić information content (AvgIpc) is 2.66. The third-order valence-electron chi connectivity index (χ3n) is 5.82. The van der Waals surface area contributed by atoms with E-state index < -0.39 is 5.60 Å². The Labute approximate surface area is 171 Å². The summed E-state index contributed by atoms with van der Waals surface area (Å²) in [7, 11) is 0. The predicted octanol–water partition coefficient (Wildman–Crippen LogP) is 5.48. The second-order valence-electron chi connectivity index (χ2n) is 9.17. The van der Waals surface area contributed by atoms with Crippen molar-refractivity contribution in [3.05, 3.63) is 58.7 Å². The molecule has 0 saturated carbocycles. The first-order chi connectivity index (χ1) is 13.7. The van der Waals surface area contributed by atoms with Crippen LogP contribution in [0.5, 0.6) is 23.0 Å². The molecule has 0 aliphatic carbocycles. The topological polar surface area (TPSA) is 47.9 Å². The van der Waals surface area contributed by atoms with Gasteiger partial charge in [-0.05, 0) is 76.1 Å². The van der Waals surface area contributed by atoms with Crippen LogP contribution < -0.4 is 14.2 Å². The van der Waals surface area contributed by atoms with Gasteiger partial charge in [0, 0.05) is 11.5 Å². The molecule has 2 aromatic carbocycles. The molecular weight excluding hydrogens is 364 g/mol. The third kappa shape index (κ3) is 3.07. The molecule has 3 heterocycles. The van der Waals surface area contributed by atoms with Crippen molar-refractivity contribution in [3.8, 4) is 23.0 Å². The highest BCUT2D eigenvalue weighted by Gasteiger charge is 2.33. The summed E-state index contributed by atoms with van der Waals surface area (Å²) in [6.45, 7) is 8.70. The molecule has 0 spiro atoms. The van der Waals surface area contributed by atoms with Crippen molar-refractivity contribution in [2.45, 2.75) is 51.2 Å². The van der Waals surface area contributed by atoms with E-state index in [9.17, 15) is 5.11 Å². The summed E-state index contributed by atoms with van der Waals surface area (Å²) in [4.78, 5) is 0. The molecule has 5 rings (SSSR count). The van der Waals surface area contributed by atoms with Crippen molar-refractivity contribution in [2.75, 3.05) is 6.61 Å². The minimum Gasteiger partial charge on any atom is -0.507 e. The summed E-state index contributed by atoms with van der Waals surface area (Å²) >= 11 is 0. The molecule has 3 aliphatic heterocycles. The fourth-order valence-corrected chi connectivity index (χ4v) is 4.30. The Bertz CT molecular complexity index is 1060. The van der Waals surface area contributed by atoms with Crippen molar-refractivity contribution >= 4 is 12.2 Å². The SMILES string of the molecule is CC1(C)C=Cc2c(ccc3c2OC[C@H](c2ccc(O)c4c2OC(C)(C)C=C4)C3)O1. The number of ether oxygens (including phenoxy) is 3. The van der Waals surface area contributed by atoms with Gasteiger partial charge in [-0.15, -0.1) is 0 Å². The van der Waals surface area contributed by atoms with Gasteiger partial charge in [0.05, 0.1) is 17.7 Å². The Morgan fingerprint density at radius 3 is 2.38 bits per heavy atom. The van der Waals surface area contributed by atoms with Gasteiger partial charge < -0.3 is 19.3 Å².